The Balaban J connectivity index is 1.85. The Labute approximate surface area is 137 Å². The Morgan fingerprint density at radius 2 is 2.00 bits per heavy atom. The number of carbonyl (C=O) groups excluding carboxylic acids is 1. The molecule has 2 aromatic carbocycles. The van der Waals surface area contributed by atoms with Crippen LogP contribution in [0.3, 0.4) is 0 Å². The molecule has 0 spiro atoms. The zero-order chi connectivity index (χ0) is 14.8. The molecule has 3 rings (SSSR count). The number of nitrogens with one attached hydrogen (secondary N) is 1. The lowest BCUT2D eigenvalue weighted by molar-refractivity contribution is -0.117. The number of carbonyl (C=O) groups is 1. The maximum Gasteiger partial charge on any atom is 0.231 e. The van der Waals surface area contributed by atoms with Crippen LogP contribution in [-0.4, -0.2) is 5.91 Å². The number of rotatable bonds is 2. The molecule has 1 unspecified atom stereocenters. The van der Waals surface area contributed by atoms with Gasteiger partial charge in [-0.05, 0) is 58.5 Å². The van der Waals surface area contributed by atoms with E-state index < -0.39 is 0 Å². The summed E-state index contributed by atoms with van der Waals surface area (Å²) in [6.45, 7) is 0. The van der Waals surface area contributed by atoms with Gasteiger partial charge in [0.25, 0.3) is 0 Å². The zero-order valence-electron chi connectivity index (χ0n) is 11.4. The van der Waals surface area contributed by atoms with Crippen LogP contribution in [0.5, 0.6) is 0 Å². The van der Waals surface area contributed by atoms with Crippen LogP contribution in [0.4, 0.5) is 5.69 Å². The van der Waals surface area contributed by atoms with Gasteiger partial charge in [-0.3, -0.25) is 4.79 Å². The molecule has 0 heterocycles. The number of hydrogen-bond acceptors (Lipinski definition) is 1. The molecule has 1 aliphatic rings. The molecule has 108 valence electrons. The van der Waals surface area contributed by atoms with Crippen LogP contribution in [0.2, 0.25) is 5.02 Å². The van der Waals surface area contributed by atoms with E-state index in [9.17, 15) is 4.79 Å². The van der Waals surface area contributed by atoms with Gasteiger partial charge in [0.2, 0.25) is 5.91 Å². The molecule has 0 radical (unpaired) electrons. The van der Waals surface area contributed by atoms with Crippen molar-refractivity contribution in [3.05, 3.63) is 63.1 Å². The van der Waals surface area contributed by atoms with Gasteiger partial charge in [0.1, 0.15) is 0 Å². The first kappa shape index (κ1) is 14.6. The van der Waals surface area contributed by atoms with Crippen molar-refractivity contribution in [3.63, 3.8) is 0 Å². The number of aryl methyl sites for hydroxylation is 1. The minimum Gasteiger partial charge on any atom is -0.324 e. The van der Waals surface area contributed by atoms with Crippen molar-refractivity contribution in [1.82, 2.24) is 0 Å². The average Bonchev–Trinajstić information content (AvgIpc) is 2.51. The van der Waals surface area contributed by atoms with Crippen LogP contribution in [0.25, 0.3) is 0 Å². The summed E-state index contributed by atoms with van der Waals surface area (Å²) in [5.74, 6) is -0.0500. The maximum absolute atomic E-state index is 12.6. The highest BCUT2D eigenvalue weighted by molar-refractivity contribution is 9.10. The van der Waals surface area contributed by atoms with Gasteiger partial charge in [-0.2, -0.15) is 0 Å². The van der Waals surface area contributed by atoms with E-state index in [1.165, 1.54) is 5.56 Å². The third kappa shape index (κ3) is 2.99. The Morgan fingerprint density at radius 1 is 1.19 bits per heavy atom. The Hall–Kier alpha value is -1.32. The van der Waals surface area contributed by atoms with Gasteiger partial charge in [0, 0.05) is 0 Å². The van der Waals surface area contributed by atoms with Crippen molar-refractivity contribution >= 4 is 39.1 Å². The summed E-state index contributed by atoms with van der Waals surface area (Å²) in [6.07, 6.45) is 2.99. The SMILES string of the molecule is O=C(Nc1cccc(Cl)c1Br)C1CCCc2ccccc21. The van der Waals surface area contributed by atoms with E-state index in [0.29, 0.717) is 5.02 Å². The van der Waals surface area contributed by atoms with E-state index in [4.69, 9.17) is 11.6 Å². The molecule has 1 N–H and O–H groups in total. The molecular formula is C17H15BrClNO. The van der Waals surface area contributed by atoms with Gasteiger partial charge in [-0.1, -0.05) is 41.9 Å². The predicted octanol–water partition coefficient (Wildman–Crippen LogP) is 5.16. The molecule has 0 aliphatic heterocycles. The molecule has 1 amide bonds. The van der Waals surface area contributed by atoms with Crippen LogP contribution in [-0.2, 0) is 11.2 Å². The van der Waals surface area contributed by atoms with Crippen molar-refractivity contribution in [1.29, 1.82) is 0 Å². The third-order valence-corrected chi connectivity index (χ3v) is 5.29. The van der Waals surface area contributed by atoms with Crippen molar-refractivity contribution in [2.24, 2.45) is 0 Å². The molecule has 4 heteroatoms. The zero-order valence-corrected chi connectivity index (χ0v) is 13.7. The number of benzene rings is 2. The summed E-state index contributed by atoms with van der Waals surface area (Å²) in [7, 11) is 0. The van der Waals surface area contributed by atoms with Crippen LogP contribution in [0.1, 0.15) is 29.9 Å². The fourth-order valence-electron chi connectivity index (χ4n) is 2.85. The number of halogens is 2. The maximum atomic E-state index is 12.6. The third-order valence-electron chi connectivity index (χ3n) is 3.90. The molecule has 0 aromatic heterocycles. The van der Waals surface area contributed by atoms with Crippen LogP contribution in [0.15, 0.2) is 46.9 Å². The number of fused-ring (bicyclic) bond motifs is 1. The van der Waals surface area contributed by atoms with Crippen molar-refractivity contribution in [2.45, 2.75) is 25.2 Å². The highest BCUT2D eigenvalue weighted by Gasteiger charge is 2.26. The van der Waals surface area contributed by atoms with Crippen LogP contribution < -0.4 is 5.32 Å². The Morgan fingerprint density at radius 3 is 2.86 bits per heavy atom. The van der Waals surface area contributed by atoms with Gasteiger partial charge in [-0.15, -0.1) is 0 Å². The second-order valence-electron chi connectivity index (χ2n) is 5.23. The molecule has 1 aliphatic carbocycles. The number of anilines is 1. The molecule has 0 saturated carbocycles. The minimum atomic E-state index is -0.0826. The molecule has 2 aromatic rings. The van der Waals surface area contributed by atoms with Gasteiger partial charge in [0.15, 0.2) is 0 Å². The minimum absolute atomic E-state index is 0.0325. The lowest BCUT2D eigenvalue weighted by Crippen LogP contribution is -2.24. The van der Waals surface area contributed by atoms with Crippen LogP contribution >= 0.6 is 27.5 Å². The highest BCUT2D eigenvalue weighted by Crippen LogP contribution is 2.34. The quantitative estimate of drug-likeness (QED) is 0.783. The summed E-state index contributed by atoms with van der Waals surface area (Å²) in [5, 5.41) is 3.59. The Kier molecular flexibility index (Phi) is 4.32. The van der Waals surface area contributed by atoms with Crippen LogP contribution in [0, 0.1) is 0 Å². The first-order valence-electron chi connectivity index (χ1n) is 6.99. The van der Waals surface area contributed by atoms with Crippen molar-refractivity contribution in [2.75, 3.05) is 5.32 Å². The van der Waals surface area contributed by atoms with E-state index in [-0.39, 0.29) is 11.8 Å². The summed E-state index contributed by atoms with van der Waals surface area (Å²) < 4.78 is 0.726. The summed E-state index contributed by atoms with van der Waals surface area (Å²) in [5.41, 5.74) is 3.16. The first-order valence-corrected chi connectivity index (χ1v) is 8.16. The molecular weight excluding hydrogens is 350 g/mol. The van der Waals surface area contributed by atoms with E-state index >= 15 is 0 Å². The van der Waals surface area contributed by atoms with Crippen molar-refractivity contribution < 1.29 is 4.79 Å². The normalized spacial score (nSPS) is 17.1. The Bertz CT molecular complexity index is 686. The molecule has 0 bridgehead atoms. The highest BCUT2D eigenvalue weighted by atomic mass is 79.9. The summed E-state index contributed by atoms with van der Waals surface area (Å²) >= 11 is 9.48. The smallest absolute Gasteiger partial charge is 0.231 e. The standard InChI is InChI=1S/C17H15BrClNO/c18-16-14(19)9-4-10-15(16)20-17(21)13-8-3-6-11-5-1-2-7-12(11)13/h1-2,4-5,7,9-10,13H,3,6,8H2,(H,20,21). The fraction of sp³-hybridized carbons (Fsp3) is 0.235. The molecule has 1 atom stereocenters. The van der Waals surface area contributed by atoms with Crippen molar-refractivity contribution in [3.8, 4) is 0 Å². The predicted molar refractivity (Wildman–Crippen MR) is 89.9 cm³/mol. The van der Waals surface area contributed by atoms with Gasteiger partial charge in [-0.25, -0.2) is 0 Å². The summed E-state index contributed by atoms with van der Waals surface area (Å²) in [6, 6.07) is 13.7. The summed E-state index contributed by atoms with van der Waals surface area (Å²) in [4.78, 5) is 12.6. The lowest BCUT2D eigenvalue weighted by atomic mass is 9.82. The average molecular weight is 365 g/mol. The van der Waals surface area contributed by atoms with E-state index in [1.807, 2.05) is 24.3 Å². The number of hydrogen-bond donors (Lipinski definition) is 1. The lowest BCUT2D eigenvalue weighted by Gasteiger charge is -2.24. The molecule has 0 saturated heterocycles. The second-order valence-corrected chi connectivity index (χ2v) is 6.43. The first-order chi connectivity index (χ1) is 10.2. The second kappa shape index (κ2) is 6.20. The van der Waals surface area contributed by atoms with E-state index in [2.05, 4.69) is 33.4 Å². The van der Waals surface area contributed by atoms with E-state index in [0.717, 1.165) is 35.0 Å². The van der Waals surface area contributed by atoms with Gasteiger partial charge >= 0.3 is 0 Å². The van der Waals surface area contributed by atoms with E-state index in [1.54, 1.807) is 6.07 Å². The molecule has 0 fully saturated rings. The fourth-order valence-corrected chi connectivity index (χ4v) is 3.38. The molecule has 2 nitrogen and oxygen atoms in total. The largest absolute Gasteiger partial charge is 0.324 e. The topological polar surface area (TPSA) is 29.1 Å². The molecule has 21 heavy (non-hydrogen) atoms. The number of amides is 1. The van der Waals surface area contributed by atoms with Gasteiger partial charge in [0.05, 0.1) is 21.1 Å². The monoisotopic (exact) mass is 363 g/mol. The van der Waals surface area contributed by atoms with Gasteiger partial charge < -0.3 is 5.32 Å².